The van der Waals surface area contributed by atoms with Crippen LogP contribution in [0.1, 0.15) is 11.1 Å². The summed E-state index contributed by atoms with van der Waals surface area (Å²) in [5.74, 6) is -1.56. The van der Waals surface area contributed by atoms with E-state index in [1.54, 1.807) is 36.4 Å². The van der Waals surface area contributed by atoms with Gasteiger partial charge in [0.15, 0.2) is 0 Å². The largest absolute Gasteiger partial charge is 0.478 e. The maximum Gasteiger partial charge on any atom is 0.336 e. The Morgan fingerprint density at radius 2 is 1.84 bits per heavy atom. The second-order valence-electron chi connectivity index (χ2n) is 3.90. The van der Waals surface area contributed by atoms with Crippen LogP contribution in [0.2, 0.25) is 0 Å². The molecule has 2 aromatic carbocycles. The number of carboxylic acids is 1. The minimum Gasteiger partial charge on any atom is -0.478 e. The van der Waals surface area contributed by atoms with Crippen molar-refractivity contribution in [2.45, 2.75) is 0 Å². The zero-order valence-corrected chi connectivity index (χ0v) is 11.4. The first-order valence-corrected chi connectivity index (χ1v) is 6.32. The SMILES string of the molecule is O=C(O)/C(=C\c1ccc(Br)cc1F)c1ccccc1. The van der Waals surface area contributed by atoms with Crippen molar-refractivity contribution in [2.24, 2.45) is 0 Å². The van der Waals surface area contributed by atoms with Crippen LogP contribution in [-0.2, 0) is 4.79 Å². The van der Waals surface area contributed by atoms with E-state index in [9.17, 15) is 14.3 Å². The molecule has 0 unspecified atom stereocenters. The predicted molar refractivity (Wildman–Crippen MR) is 76.0 cm³/mol. The Morgan fingerprint density at radius 1 is 1.16 bits per heavy atom. The van der Waals surface area contributed by atoms with E-state index >= 15 is 0 Å². The monoisotopic (exact) mass is 320 g/mol. The van der Waals surface area contributed by atoms with E-state index in [2.05, 4.69) is 15.9 Å². The van der Waals surface area contributed by atoms with Crippen LogP contribution in [0.15, 0.2) is 53.0 Å². The molecule has 0 aliphatic rings. The van der Waals surface area contributed by atoms with Crippen LogP contribution in [0.25, 0.3) is 11.6 Å². The average Bonchev–Trinajstić information content (AvgIpc) is 2.38. The van der Waals surface area contributed by atoms with Crippen molar-refractivity contribution < 1.29 is 14.3 Å². The van der Waals surface area contributed by atoms with Crippen molar-refractivity contribution in [2.75, 3.05) is 0 Å². The summed E-state index contributed by atoms with van der Waals surface area (Å²) in [4.78, 5) is 11.3. The molecular formula is C15H10BrFO2. The van der Waals surface area contributed by atoms with Gasteiger partial charge in [0.1, 0.15) is 5.82 Å². The topological polar surface area (TPSA) is 37.3 Å². The third-order valence-electron chi connectivity index (χ3n) is 2.58. The summed E-state index contributed by atoms with van der Waals surface area (Å²) in [6.45, 7) is 0. The number of hydrogen-bond acceptors (Lipinski definition) is 1. The molecule has 0 heterocycles. The molecule has 0 spiro atoms. The molecule has 0 amide bonds. The molecule has 0 radical (unpaired) electrons. The summed E-state index contributed by atoms with van der Waals surface area (Å²) in [7, 11) is 0. The molecule has 2 rings (SSSR count). The minimum absolute atomic E-state index is 0.0572. The second-order valence-corrected chi connectivity index (χ2v) is 4.81. The van der Waals surface area contributed by atoms with Gasteiger partial charge in [-0.2, -0.15) is 0 Å². The van der Waals surface area contributed by atoms with E-state index in [0.717, 1.165) is 0 Å². The number of aliphatic carboxylic acids is 1. The molecule has 2 aromatic rings. The summed E-state index contributed by atoms with van der Waals surface area (Å²) in [6.07, 6.45) is 1.33. The fourth-order valence-electron chi connectivity index (χ4n) is 1.66. The Bertz CT molecular complexity index is 636. The maximum atomic E-state index is 13.7. The van der Waals surface area contributed by atoms with Gasteiger partial charge in [0, 0.05) is 10.0 Å². The summed E-state index contributed by atoms with van der Waals surface area (Å²) >= 11 is 3.16. The van der Waals surface area contributed by atoms with Gasteiger partial charge in [0.2, 0.25) is 0 Å². The van der Waals surface area contributed by atoms with Crippen molar-refractivity contribution in [1.29, 1.82) is 0 Å². The van der Waals surface area contributed by atoms with Crippen molar-refractivity contribution >= 4 is 33.5 Å². The van der Waals surface area contributed by atoms with E-state index in [-0.39, 0.29) is 11.1 Å². The van der Waals surface area contributed by atoms with Gasteiger partial charge in [0.25, 0.3) is 0 Å². The van der Waals surface area contributed by atoms with Gasteiger partial charge < -0.3 is 5.11 Å². The molecule has 2 nitrogen and oxygen atoms in total. The van der Waals surface area contributed by atoms with Gasteiger partial charge in [-0.25, -0.2) is 9.18 Å². The molecule has 1 N–H and O–H groups in total. The highest BCUT2D eigenvalue weighted by Gasteiger charge is 2.11. The highest BCUT2D eigenvalue weighted by atomic mass is 79.9. The van der Waals surface area contributed by atoms with Crippen molar-refractivity contribution in [3.8, 4) is 0 Å². The predicted octanol–water partition coefficient (Wildman–Crippen LogP) is 4.21. The Labute approximate surface area is 118 Å². The summed E-state index contributed by atoms with van der Waals surface area (Å²) < 4.78 is 14.3. The van der Waals surface area contributed by atoms with E-state index < -0.39 is 11.8 Å². The zero-order chi connectivity index (χ0) is 13.8. The highest BCUT2D eigenvalue weighted by Crippen LogP contribution is 2.22. The van der Waals surface area contributed by atoms with Gasteiger partial charge in [-0.3, -0.25) is 0 Å². The average molecular weight is 321 g/mol. The van der Waals surface area contributed by atoms with E-state index in [1.807, 2.05) is 0 Å². The number of hydrogen-bond donors (Lipinski definition) is 1. The number of benzene rings is 2. The third kappa shape index (κ3) is 3.29. The first-order chi connectivity index (χ1) is 9.08. The fraction of sp³-hybridized carbons (Fsp3) is 0. The maximum absolute atomic E-state index is 13.7. The molecule has 96 valence electrons. The molecule has 0 aliphatic heterocycles. The molecule has 4 heteroatoms. The Balaban J connectivity index is 2.51. The lowest BCUT2D eigenvalue weighted by Crippen LogP contribution is -1.99. The summed E-state index contributed by atoms with van der Waals surface area (Å²) in [6, 6.07) is 13.1. The number of rotatable bonds is 3. The lowest BCUT2D eigenvalue weighted by Gasteiger charge is -2.04. The summed E-state index contributed by atoms with van der Waals surface area (Å²) in [5.41, 5.74) is 0.837. The standard InChI is InChI=1S/C15H10BrFO2/c16-12-7-6-11(14(17)9-12)8-13(15(18)19)10-4-2-1-3-5-10/h1-9H,(H,18,19)/b13-8-. The quantitative estimate of drug-likeness (QED) is 0.679. The first kappa shape index (κ1) is 13.5. The molecular weight excluding hydrogens is 311 g/mol. The van der Waals surface area contributed by atoms with E-state index in [1.165, 1.54) is 18.2 Å². The first-order valence-electron chi connectivity index (χ1n) is 5.53. The minimum atomic E-state index is -1.09. The van der Waals surface area contributed by atoms with Crippen molar-refractivity contribution in [3.05, 3.63) is 69.9 Å². The number of carbonyl (C=O) groups is 1. The highest BCUT2D eigenvalue weighted by molar-refractivity contribution is 9.10. The molecule has 0 atom stereocenters. The van der Waals surface area contributed by atoms with Crippen LogP contribution < -0.4 is 0 Å². The Kier molecular flexibility index (Phi) is 4.12. The smallest absolute Gasteiger partial charge is 0.336 e. The van der Waals surface area contributed by atoms with Crippen LogP contribution in [0.3, 0.4) is 0 Å². The second kappa shape index (κ2) is 5.80. The third-order valence-corrected chi connectivity index (χ3v) is 3.07. The van der Waals surface area contributed by atoms with Crippen LogP contribution in [0.5, 0.6) is 0 Å². The summed E-state index contributed by atoms with van der Waals surface area (Å²) in [5, 5.41) is 9.23. The Morgan fingerprint density at radius 3 is 2.42 bits per heavy atom. The van der Waals surface area contributed by atoms with Gasteiger partial charge in [-0.15, -0.1) is 0 Å². The van der Waals surface area contributed by atoms with Crippen LogP contribution in [0.4, 0.5) is 4.39 Å². The van der Waals surface area contributed by atoms with Gasteiger partial charge >= 0.3 is 5.97 Å². The van der Waals surface area contributed by atoms with Gasteiger partial charge in [-0.05, 0) is 23.8 Å². The molecule has 19 heavy (non-hydrogen) atoms. The molecule has 0 aromatic heterocycles. The van der Waals surface area contributed by atoms with E-state index in [0.29, 0.717) is 10.0 Å². The number of carboxylic acid groups (broad SMARTS) is 1. The Hall–Kier alpha value is -1.94. The number of halogens is 2. The lowest BCUT2D eigenvalue weighted by molar-refractivity contribution is -0.130. The molecule has 0 saturated carbocycles. The normalized spacial score (nSPS) is 11.4. The van der Waals surface area contributed by atoms with Gasteiger partial charge in [0.05, 0.1) is 5.57 Å². The zero-order valence-electron chi connectivity index (χ0n) is 9.81. The molecule has 0 saturated heterocycles. The van der Waals surface area contributed by atoms with E-state index in [4.69, 9.17) is 0 Å². The van der Waals surface area contributed by atoms with Crippen molar-refractivity contribution in [1.82, 2.24) is 0 Å². The van der Waals surface area contributed by atoms with Crippen LogP contribution in [0, 0.1) is 5.82 Å². The van der Waals surface area contributed by atoms with Crippen LogP contribution >= 0.6 is 15.9 Å². The van der Waals surface area contributed by atoms with Crippen LogP contribution in [-0.4, -0.2) is 11.1 Å². The fourth-order valence-corrected chi connectivity index (χ4v) is 1.99. The molecule has 0 aliphatic carbocycles. The van der Waals surface area contributed by atoms with Crippen molar-refractivity contribution in [3.63, 3.8) is 0 Å². The molecule has 0 fully saturated rings. The van der Waals surface area contributed by atoms with Gasteiger partial charge in [-0.1, -0.05) is 52.3 Å². The molecule has 0 bridgehead atoms. The lowest BCUT2D eigenvalue weighted by atomic mass is 10.0.